The summed E-state index contributed by atoms with van der Waals surface area (Å²) in [6.45, 7) is 4.21. The maximum Gasteiger partial charge on any atom is 0.266 e. The molecule has 0 spiro atoms. The molecule has 0 saturated carbocycles. The van der Waals surface area contributed by atoms with Crippen LogP contribution in [0.3, 0.4) is 0 Å². The molecular formula is C24H23N3O. The summed E-state index contributed by atoms with van der Waals surface area (Å²) in [6, 6.07) is 24.0. The zero-order valence-corrected chi connectivity index (χ0v) is 16.3. The van der Waals surface area contributed by atoms with E-state index in [-0.39, 0.29) is 11.9 Å². The highest BCUT2D eigenvalue weighted by molar-refractivity contribution is 6.09. The van der Waals surface area contributed by atoms with Crippen molar-refractivity contribution in [2.75, 3.05) is 7.05 Å². The molecular weight excluding hydrogens is 346 g/mol. The Morgan fingerprint density at radius 1 is 0.857 bits per heavy atom. The maximum atomic E-state index is 13.4. The lowest BCUT2D eigenvalue weighted by atomic mass is 9.81. The van der Waals surface area contributed by atoms with Crippen molar-refractivity contribution in [2.24, 2.45) is 10.7 Å². The number of carbonyl (C=O) groups is 1. The zero-order valence-electron chi connectivity index (χ0n) is 16.3. The highest BCUT2D eigenvalue weighted by Gasteiger charge is 2.49. The molecule has 0 bridgehead atoms. The summed E-state index contributed by atoms with van der Waals surface area (Å²) < 4.78 is 0. The van der Waals surface area contributed by atoms with Gasteiger partial charge in [0.25, 0.3) is 5.91 Å². The number of hydrogen-bond donors (Lipinski definition) is 1. The molecule has 1 aliphatic rings. The summed E-state index contributed by atoms with van der Waals surface area (Å²) >= 11 is 0. The molecule has 3 aromatic rings. The molecule has 28 heavy (non-hydrogen) atoms. The fraction of sp³-hybridized carbons (Fsp3) is 0.167. The van der Waals surface area contributed by atoms with Crippen LogP contribution in [0.2, 0.25) is 0 Å². The van der Waals surface area contributed by atoms with Crippen molar-refractivity contribution in [3.63, 3.8) is 0 Å². The van der Waals surface area contributed by atoms with E-state index in [0.717, 1.165) is 16.7 Å². The van der Waals surface area contributed by atoms with E-state index < -0.39 is 5.54 Å². The Morgan fingerprint density at radius 2 is 1.46 bits per heavy atom. The fourth-order valence-electron chi connectivity index (χ4n) is 4.03. The SMILES string of the molecule is Cc1cccc(C)c1-c1cccc(C2(c3ccccc3)N=C(N)N(C)C2=O)c1. The van der Waals surface area contributed by atoms with Crippen molar-refractivity contribution in [1.29, 1.82) is 0 Å². The predicted molar refractivity (Wildman–Crippen MR) is 113 cm³/mol. The van der Waals surface area contributed by atoms with Crippen LogP contribution in [-0.2, 0) is 10.3 Å². The molecule has 1 unspecified atom stereocenters. The van der Waals surface area contributed by atoms with E-state index in [4.69, 9.17) is 5.73 Å². The number of likely N-dealkylation sites (N-methyl/N-ethyl adjacent to an activating group) is 1. The van der Waals surface area contributed by atoms with Crippen LogP contribution < -0.4 is 5.73 Å². The van der Waals surface area contributed by atoms with E-state index >= 15 is 0 Å². The van der Waals surface area contributed by atoms with Crippen molar-refractivity contribution >= 4 is 11.9 Å². The highest BCUT2D eigenvalue weighted by atomic mass is 16.2. The number of aryl methyl sites for hydroxylation is 2. The lowest BCUT2D eigenvalue weighted by Crippen LogP contribution is -2.41. The van der Waals surface area contributed by atoms with Gasteiger partial charge < -0.3 is 5.73 Å². The standard InChI is InChI=1S/C24H23N3O/c1-16-9-7-10-17(2)21(16)18-11-8-14-20(15-18)24(19-12-5-4-6-13-19)22(28)27(3)23(25)26-24/h4-15H,1-3H3,(H2,25,26). The Morgan fingerprint density at radius 3 is 2.07 bits per heavy atom. The molecule has 0 saturated heterocycles. The fourth-order valence-corrected chi connectivity index (χ4v) is 4.03. The average molecular weight is 369 g/mol. The number of hydrogen-bond acceptors (Lipinski definition) is 3. The van der Waals surface area contributed by atoms with Crippen molar-refractivity contribution in [1.82, 2.24) is 4.90 Å². The molecule has 1 aliphatic heterocycles. The van der Waals surface area contributed by atoms with Gasteiger partial charge in [-0.25, -0.2) is 4.99 Å². The quantitative estimate of drug-likeness (QED) is 0.759. The first-order valence-corrected chi connectivity index (χ1v) is 9.31. The summed E-state index contributed by atoms with van der Waals surface area (Å²) in [4.78, 5) is 19.5. The predicted octanol–water partition coefficient (Wildman–Crippen LogP) is 4.00. The van der Waals surface area contributed by atoms with Gasteiger partial charge >= 0.3 is 0 Å². The second-order valence-corrected chi connectivity index (χ2v) is 7.26. The minimum absolute atomic E-state index is 0.144. The molecule has 0 aliphatic carbocycles. The third kappa shape index (κ3) is 2.61. The summed E-state index contributed by atoms with van der Waals surface area (Å²) in [5.41, 5.74) is 11.2. The smallest absolute Gasteiger partial charge is 0.266 e. The molecule has 0 aromatic heterocycles. The van der Waals surface area contributed by atoms with E-state index in [1.807, 2.05) is 42.5 Å². The van der Waals surface area contributed by atoms with Crippen LogP contribution in [0.15, 0.2) is 77.8 Å². The first-order chi connectivity index (χ1) is 13.4. The highest BCUT2D eigenvalue weighted by Crippen LogP contribution is 2.41. The van der Waals surface area contributed by atoms with Crippen molar-refractivity contribution in [3.8, 4) is 11.1 Å². The van der Waals surface area contributed by atoms with Gasteiger partial charge in [-0.15, -0.1) is 0 Å². The lowest BCUT2D eigenvalue weighted by molar-refractivity contribution is -0.129. The molecule has 1 heterocycles. The minimum Gasteiger partial charge on any atom is -0.369 e. The summed E-state index contributed by atoms with van der Waals surface area (Å²) in [7, 11) is 1.67. The van der Waals surface area contributed by atoms with Gasteiger partial charge in [0.1, 0.15) is 0 Å². The van der Waals surface area contributed by atoms with E-state index in [0.29, 0.717) is 0 Å². The van der Waals surface area contributed by atoms with Crippen LogP contribution in [-0.4, -0.2) is 23.8 Å². The second kappa shape index (κ2) is 6.64. The van der Waals surface area contributed by atoms with Crippen molar-refractivity contribution < 1.29 is 4.79 Å². The lowest BCUT2D eigenvalue weighted by Gasteiger charge is -2.26. The maximum absolute atomic E-state index is 13.4. The zero-order chi connectivity index (χ0) is 19.9. The first kappa shape index (κ1) is 18.0. The van der Waals surface area contributed by atoms with Gasteiger partial charge in [-0.1, -0.05) is 66.7 Å². The minimum atomic E-state index is -1.16. The molecule has 1 atom stereocenters. The van der Waals surface area contributed by atoms with Gasteiger partial charge in [0.15, 0.2) is 11.5 Å². The molecule has 0 fully saturated rings. The summed E-state index contributed by atoms with van der Waals surface area (Å²) in [5.74, 6) is 0.0844. The van der Waals surface area contributed by atoms with Gasteiger partial charge in [0.05, 0.1) is 0 Å². The van der Waals surface area contributed by atoms with Crippen molar-refractivity contribution in [3.05, 3.63) is 95.1 Å². The van der Waals surface area contributed by atoms with Gasteiger partial charge in [-0.05, 0) is 53.3 Å². The van der Waals surface area contributed by atoms with Crippen LogP contribution in [0.4, 0.5) is 0 Å². The van der Waals surface area contributed by atoms with Gasteiger partial charge in [0, 0.05) is 7.05 Å². The number of nitrogens with zero attached hydrogens (tertiary/aromatic N) is 2. The van der Waals surface area contributed by atoms with Crippen LogP contribution >= 0.6 is 0 Å². The molecule has 4 heteroatoms. The van der Waals surface area contributed by atoms with Crippen LogP contribution in [0, 0.1) is 13.8 Å². The second-order valence-electron chi connectivity index (χ2n) is 7.26. The van der Waals surface area contributed by atoms with E-state index in [9.17, 15) is 4.79 Å². The Balaban J connectivity index is 1.97. The Bertz CT molecular complexity index is 1070. The van der Waals surface area contributed by atoms with Gasteiger partial charge in [-0.2, -0.15) is 0 Å². The van der Waals surface area contributed by atoms with Gasteiger partial charge in [-0.3, -0.25) is 9.69 Å². The first-order valence-electron chi connectivity index (χ1n) is 9.31. The third-order valence-electron chi connectivity index (χ3n) is 5.48. The van der Waals surface area contributed by atoms with Crippen molar-refractivity contribution in [2.45, 2.75) is 19.4 Å². The molecule has 140 valence electrons. The molecule has 3 aromatic carbocycles. The number of aliphatic imine (C=N–C) groups is 1. The van der Waals surface area contributed by atoms with E-state index in [1.54, 1.807) is 7.05 Å². The van der Waals surface area contributed by atoms with Crippen LogP contribution in [0.1, 0.15) is 22.3 Å². The van der Waals surface area contributed by atoms with Crippen LogP contribution in [0.25, 0.3) is 11.1 Å². The number of benzene rings is 3. The Kier molecular flexibility index (Phi) is 4.27. The largest absolute Gasteiger partial charge is 0.369 e. The number of guanidine groups is 1. The Labute approximate surface area is 165 Å². The molecule has 4 nitrogen and oxygen atoms in total. The monoisotopic (exact) mass is 369 g/mol. The number of rotatable bonds is 3. The molecule has 2 N–H and O–H groups in total. The van der Waals surface area contributed by atoms with Crippen LogP contribution in [0.5, 0.6) is 0 Å². The Hall–Kier alpha value is -3.40. The van der Waals surface area contributed by atoms with Gasteiger partial charge in [0.2, 0.25) is 0 Å². The van der Waals surface area contributed by atoms with E-state index in [1.165, 1.54) is 21.6 Å². The normalized spacial score (nSPS) is 19.0. The number of nitrogens with two attached hydrogens (primary N) is 1. The molecule has 1 amide bonds. The topological polar surface area (TPSA) is 58.7 Å². The molecule has 0 radical (unpaired) electrons. The number of carbonyl (C=O) groups excluding carboxylic acids is 1. The average Bonchev–Trinajstić information content (AvgIpc) is 2.94. The van der Waals surface area contributed by atoms with E-state index in [2.05, 4.69) is 49.2 Å². The number of amides is 1. The molecule has 4 rings (SSSR count). The third-order valence-corrected chi connectivity index (χ3v) is 5.48. The summed E-state index contributed by atoms with van der Waals surface area (Å²) in [5, 5.41) is 0. The summed E-state index contributed by atoms with van der Waals surface area (Å²) in [6.07, 6.45) is 0.